The largest absolute Gasteiger partial charge is 0.497 e. The van der Waals surface area contributed by atoms with Crippen LogP contribution in [0.3, 0.4) is 0 Å². The molecular formula is C37H42ClN3O6S. The molecule has 9 nitrogen and oxygen atoms in total. The molecule has 4 aromatic rings. The van der Waals surface area contributed by atoms with Gasteiger partial charge in [0.15, 0.2) is 0 Å². The molecule has 48 heavy (non-hydrogen) atoms. The second-order valence-corrected chi connectivity index (χ2v) is 14.5. The first-order valence-corrected chi connectivity index (χ1v) is 17.4. The molecule has 4 rings (SSSR count). The van der Waals surface area contributed by atoms with Crippen LogP contribution in [0, 0.1) is 0 Å². The number of hydrogen-bond donors (Lipinski definition) is 1. The minimum Gasteiger partial charge on any atom is -0.497 e. The lowest BCUT2D eigenvalue weighted by atomic mass is 10.0. The van der Waals surface area contributed by atoms with Gasteiger partial charge >= 0.3 is 0 Å². The Kier molecular flexibility index (Phi) is 12.1. The van der Waals surface area contributed by atoms with Crippen molar-refractivity contribution in [1.29, 1.82) is 0 Å². The third kappa shape index (κ3) is 9.51. The second kappa shape index (κ2) is 16.0. The molecule has 0 heterocycles. The summed E-state index contributed by atoms with van der Waals surface area (Å²) in [4.78, 5) is 30.2. The predicted octanol–water partition coefficient (Wildman–Crippen LogP) is 6.50. The summed E-state index contributed by atoms with van der Waals surface area (Å²) in [5, 5.41) is 3.40. The van der Waals surface area contributed by atoms with Crippen molar-refractivity contribution >= 4 is 39.1 Å². The van der Waals surface area contributed by atoms with Crippen LogP contribution in [0.1, 0.15) is 38.8 Å². The Balaban J connectivity index is 1.86. The molecule has 11 heteroatoms. The van der Waals surface area contributed by atoms with Crippen molar-refractivity contribution in [3.8, 4) is 11.5 Å². The van der Waals surface area contributed by atoms with Gasteiger partial charge in [-0.3, -0.25) is 13.9 Å². The van der Waals surface area contributed by atoms with Gasteiger partial charge in [0.1, 0.15) is 24.1 Å². The average Bonchev–Trinajstić information content (AvgIpc) is 3.05. The lowest BCUT2D eigenvalue weighted by molar-refractivity contribution is -0.140. The van der Waals surface area contributed by atoms with Gasteiger partial charge in [-0.1, -0.05) is 66.2 Å². The molecule has 1 atom stereocenters. The topological polar surface area (TPSA) is 105 Å². The van der Waals surface area contributed by atoms with E-state index in [1.807, 2.05) is 57.2 Å². The summed E-state index contributed by atoms with van der Waals surface area (Å²) in [6, 6.07) is 28.0. The molecule has 0 aliphatic rings. The molecule has 0 aliphatic heterocycles. The zero-order chi connectivity index (χ0) is 34.9. The third-order valence-corrected chi connectivity index (χ3v) is 9.40. The molecule has 1 unspecified atom stereocenters. The van der Waals surface area contributed by atoms with Crippen LogP contribution in [0.4, 0.5) is 5.69 Å². The molecule has 2 amide bonds. The van der Waals surface area contributed by atoms with Gasteiger partial charge in [-0.05, 0) is 87.4 Å². The fourth-order valence-corrected chi connectivity index (χ4v) is 6.71. The summed E-state index contributed by atoms with van der Waals surface area (Å²) in [6.07, 6.45) is 0.192. The number of anilines is 1. The highest BCUT2D eigenvalue weighted by atomic mass is 35.5. The molecule has 0 saturated carbocycles. The number of methoxy groups -OCH3 is 1. The van der Waals surface area contributed by atoms with E-state index in [4.69, 9.17) is 21.1 Å². The highest BCUT2D eigenvalue weighted by molar-refractivity contribution is 7.92. The molecule has 0 radical (unpaired) electrons. The van der Waals surface area contributed by atoms with Crippen LogP contribution >= 0.6 is 11.6 Å². The number of sulfonamides is 1. The van der Waals surface area contributed by atoms with Crippen molar-refractivity contribution in [1.82, 2.24) is 10.2 Å². The smallest absolute Gasteiger partial charge is 0.264 e. The van der Waals surface area contributed by atoms with E-state index >= 15 is 0 Å². The van der Waals surface area contributed by atoms with E-state index in [0.29, 0.717) is 16.3 Å². The summed E-state index contributed by atoms with van der Waals surface area (Å²) in [6.45, 7) is 7.04. The van der Waals surface area contributed by atoms with Crippen LogP contribution in [-0.4, -0.2) is 57.0 Å². The Morgan fingerprint density at radius 3 is 2.17 bits per heavy atom. The van der Waals surface area contributed by atoms with E-state index in [0.717, 1.165) is 9.87 Å². The fourth-order valence-electron chi connectivity index (χ4n) is 5.16. The summed E-state index contributed by atoms with van der Waals surface area (Å²) >= 11 is 6.09. The van der Waals surface area contributed by atoms with E-state index in [-0.39, 0.29) is 41.8 Å². The molecule has 0 bridgehead atoms. The van der Waals surface area contributed by atoms with Gasteiger partial charge < -0.3 is 19.7 Å². The van der Waals surface area contributed by atoms with Crippen molar-refractivity contribution in [2.45, 2.75) is 57.1 Å². The van der Waals surface area contributed by atoms with Gasteiger partial charge in [0.25, 0.3) is 10.0 Å². The first-order chi connectivity index (χ1) is 22.8. The van der Waals surface area contributed by atoms with Gasteiger partial charge in [0.05, 0.1) is 24.3 Å². The van der Waals surface area contributed by atoms with Gasteiger partial charge in [0, 0.05) is 23.5 Å². The van der Waals surface area contributed by atoms with E-state index in [2.05, 4.69) is 5.32 Å². The predicted molar refractivity (Wildman–Crippen MR) is 189 cm³/mol. The Hall–Kier alpha value is -4.54. The number of carbonyl (C=O) groups excluding carboxylic acids is 2. The van der Waals surface area contributed by atoms with E-state index in [1.165, 1.54) is 29.2 Å². The summed E-state index contributed by atoms with van der Waals surface area (Å²) in [5.41, 5.74) is 1.12. The molecule has 1 N–H and O–H groups in total. The fraction of sp³-hybridized carbons (Fsp3) is 0.297. The van der Waals surface area contributed by atoms with Crippen LogP contribution in [0.5, 0.6) is 11.5 Å². The number of hydrogen-bond acceptors (Lipinski definition) is 6. The molecule has 4 aromatic carbocycles. The summed E-state index contributed by atoms with van der Waals surface area (Å²) in [5.74, 6) is -0.0942. The number of nitrogens with zero attached hydrogens (tertiary/aromatic N) is 2. The number of para-hydroxylation sites is 2. The Morgan fingerprint density at radius 1 is 0.875 bits per heavy atom. The van der Waals surface area contributed by atoms with Crippen LogP contribution in [0.2, 0.25) is 5.02 Å². The molecule has 0 spiro atoms. The molecule has 0 saturated heterocycles. The molecule has 254 valence electrons. The monoisotopic (exact) mass is 691 g/mol. The van der Waals surface area contributed by atoms with Gasteiger partial charge in [-0.15, -0.1) is 0 Å². The van der Waals surface area contributed by atoms with Crippen molar-refractivity contribution in [2.24, 2.45) is 0 Å². The van der Waals surface area contributed by atoms with Gasteiger partial charge in [0.2, 0.25) is 11.8 Å². The third-order valence-electron chi connectivity index (χ3n) is 7.37. The first-order valence-electron chi connectivity index (χ1n) is 15.6. The maximum absolute atomic E-state index is 14.7. The summed E-state index contributed by atoms with van der Waals surface area (Å²) < 4.78 is 41.0. The zero-order valence-corrected chi connectivity index (χ0v) is 29.4. The minimum absolute atomic E-state index is 0.00698. The standard InChI is InChI=1S/C37H42ClN3O6S/c1-6-47-34-18-11-10-17-32(34)41(48(44,45)31-21-19-29(38)20-22-31)26-35(42)40(25-28-15-12-16-30(23-28)46-5)33(36(43)39-37(2,3)4)24-27-13-8-7-9-14-27/h7-23,33H,6,24-26H2,1-5H3,(H,39,43). The maximum atomic E-state index is 14.7. The Morgan fingerprint density at radius 2 is 1.52 bits per heavy atom. The number of amides is 2. The molecular weight excluding hydrogens is 650 g/mol. The maximum Gasteiger partial charge on any atom is 0.264 e. The number of rotatable bonds is 14. The number of ether oxygens (including phenoxy) is 2. The van der Waals surface area contributed by atoms with Gasteiger partial charge in [-0.2, -0.15) is 0 Å². The van der Waals surface area contributed by atoms with E-state index in [1.54, 1.807) is 56.5 Å². The highest BCUT2D eigenvalue weighted by Gasteiger charge is 2.36. The van der Waals surface area contributed by atoms with Gasteiger partial charge in [-0.25, -0.2) is 8.42 Å². The van der Waals surface area contributed by atoms with E-state index < -0.39 is 34.1 Å². The molecule has 0 aliphatic carbocycles. The second-order valence-electron chi connectivity index (χ2n) is 12.2. The van der Waals surface area contributed by atoms with E-state index in [9.17, 15) is 18.0 Å². The van der Waals surface area contributed by atoms with Crippen molar-refractivity contribution in [3.05, 3.63) is 119 Å². The highest BCUT2D eigenvalue weighted by Crippen LogP contribution is 2.33. The quantitative estimate of drug-likeness (QED) is 0.162. The lowest BCUT2D eigenvalue weighted by Gasteiger charge is -2.35. The zero-order valence-electron chi connectivity index (χ0n) is 27.9. The SMILES string of the molecule is CCOc1ccccc1N(CC(=O)N(Cc1cccc(OC)c1)C(Cc1ccccc1)C(=O)NC(C)(C)C)S(=O)(=O)c1ccc(Cl)cc1. The number of halogens is 1. The normalized spacial score (nSPS) is 12.1. The van der Waals surface area contributed by atoms with Crippen LogP contribution in [0.15, 0.2) is 108 Å². The van der Waals surface area contributed by atoms with Crippen molar-refractivity contribution < 1.29 is 27.5 Å². The first kappa shape index (κ1) is 36.3. The lowest BCUT2D eigenvalue weighted by Crippen LogP contribution is -2.56. The van der Waals surface area contributed by atoms with Crippen molar-refractivity contribution in [2.75, 3.05) is 24.6 Å². The van der Waals surface area contributed by atoms with Crippen LogP contribution < -0.4 is 19.1 Å². The summed E-state index contributed by atoms with van der Waals surface area (Å²) in [7, 11) is -2.78. The number of benzene rings is 4. The van der Waals surface area contributed by atoms with Crippen molar-refractivity contribution in [3.63, 3.8) is 0 Å². The number of carbonyl (C=O) groups is 2. The number of nitrogens with one attached hydrogen (secondary N) is 1. The minimum atomic E-state index is -4.33. The van der Waals surface area contributed by atoms with Crippen LogP contribution in [0.25, 0.3) is 0 Å². The average molecular weight is 692 g/mol. The molecule has 0 aromatic heterocycles. The van der Waals surface area contributed by atoms with Crippen LogP contribution in [-0.2, 0) is 32.6 Å². The Labute approximate surface area is 288 Å². The Bertz CT molecular complexity index is 1790. The molecule has 0 fully saturated rings.